The van der Waals surface area contributed by atoms with E-state index in [-0.39, 0.29) is 17.8 Å². The molecule has 1 aromatic carbocycles. The molecular weight excluding hydrogens is 275 g/mol. The van der Waals surface area contributed by atoms with Crippen LogP contribution in [0.1, 0.15) is 19.8 Å². The minimum atomic E-state index is -0.450. The van der Waals surface area contributed by atoms with Crippen molar-refractivity contribution in [3.05, 3.63) is 36.1 Å². The zero-order valence-electron chi connectivity index (χ0n) is 11.5. The van der Waals surface area contributed by atoms with E-state index in [1.54, 1.807) is 18.2 Å². The second-order valence-electron chi connectivity index (χ2n) is 5.09. The van der Waals surface area contributed by atoms with E-state index in [4.69, 9.17) is 9.26 Å². The van der Waals surface area contributed by atoms with Crippen molar-refractivity contribution < 1.29 is 18.4 Å². The number of amides is 1. The lowest BCUT2D eigenvalue weighted by Crippen LogP contribution is -2.27. The molecule has 2 atom stereocenters. The SMILES string of the molecule is C[C@@H]1CC[C@H](C(=O)Nc2cc(-c3cccc(F)c3)on2)O1. The Morgan fingerprint density at radius 2 is 2.24 bits per heavy atom. The van der Waals surface area contributed by atoms with E-state index >= 15 is 0 Å². The summed E-state index contributed by atoms with van der Waals surface area (Å²) in [5.41, 5.74) is 0.564. The van der Waals surface area contributed by atoms with Crippen LogP contribution in [0.2, 0.25) is 0 Å². The van der Waals surface area contributed by atoms with Crippen LogP contribution in [0.4, 0.5) is 10.2 Å². The molecule has 1 fully saturated rings. The van der Waals surface area contributed by atoms with E-state index in [9.17, 15) is 9.18 Å². The first-order valence-corrected chi connectivity index (χ1v) is 6.81. The maximum absolute atomic E-state index is 13.2. The molecule has 1 aromatic heterocycles. The van der Waals surface area contributed by atoms with Gasteiger partial charge in [-0.1, -0.05) is 17.3 Å². The van der Waals surface area contributed by atoms with Gasteiger partial charge in [0.15, 0.2) is 11.6 Å². The van der Waals surface area contributed by atoms with Gasteiger partial charge in [0.25, 0.3) is 5.91 Å². The van der Waals surface area contributed by atoms with Crippen LogP contribution < -0.4 is 5.32 Å². The second kappa shape index (κ2) is 5.65. The van der Waals surface area contributed by atoms with Gasteiger partial charge in [0.1, 0.15) is 11.9 Å². The van der Waals surface area contributed by atoms with Gasteiger partial charge < -0.3 is 14.6 Å². The Balaban J connectivity index is 1.69. The van der Waals surface area contributed by atoms with Gasteiger partial charge >= 0.3 is 0 Å². The van der Waals surface area contributed by atoms with E-state index in [1.165, 1.54) is 12.1 Å². The number of anilines is 1. The number of rotatable bonds is 3. The highest BCUT2D eigenvalue weighted by Gasteiger charge is 2.28. The highest BCUT2D eigenvalue weighted by molar-refractivity contribution is 5.93. The minimum Gasteiger partial charge on any atom is -0.365 e. The first-order valence-electron chi connectivity index (χ1n) is 6.81. The van der Waals surface area contributed by atoms with Crippen LogP contribution in [-0.2, 0) is 9.53 Å². The second-order valence-corrected chi connectivity index (χ2v) is 5.09. The van der Waals surface area contributed by atoms with Crippen molar-refractivity contribution in [1.29, 1.82) is 0 Å². The largest absolute Gasteiger partial charge is 0.365 e. The number of aromatic nitrogens is 1. The molecule has 1 aliphatic heterocycles. The van der Waals surface area contributed by atoms with Crippen molar-refractivity contribution in [2.45, 2.75) is 32.0 Å². The fourth-order valence-electron chi connectivity index (χ4n) is 2.31. The molecule has 1 aliphatic rings. The van der Waals surface area contributed by atoms with E-state index in [0.717, 1.165) is 6.42 Å². The van der Waals surface area contributed by atoms with Crippen LogP contribution in [-0.4, -0.2) is 23.3 Å². The Bertz CT molecular complexity index is 656. The summed E-state index contributed by atoms with van der Waals surface area (Å²) < 4.78 is 23.8. The van der Waals surface area contributed by atoms with Gasteiger partial charge in [-0.15, -0.1) is 0 Å². The van der Waals surface area contributed by atoms with Gasteiger partial charge in [-0.05, 0) is 31.9 Å². The fraction of sp³-hybridized carbons (Fsp3) is 0.333. The molecule has 110 valence electrons. The van der Waals surface area contributed by atoms with Gasteiger partial charge in [0.2, 0.25) is 0 Å². The number of hydrogen-bond donors (Lipinski definition) is 1. The Kier molecular flexibility index (Phi) is 3.70. The summed E-state index contributed by atoms with van der Waals surface area (Å²) in [5, 5.41) is 6.41. The van der Waals surface area contributed by atoms with E-state index in [0.29, 0.717) is 23.6 Å². The van der Waals surface area contributed by atoms with Crippen LogP contribution in [0.5, 0.6) is 0 Å². The lowest BCUT2D eigenvalue weighted by molar-refractivity contribution is -0.126. The standard InChI is InChI=1S/C15H15FN2O3/c1-9-5-6-12(20-9)15(19)17-14-8-13(21-18-14)10-3-2-4-11(16)7-10/h2-4,7-9,12H,5-6H2,1H3,(H,17,18,19)/t9-,12-/m1/s1. The molecular formula is C15H15FN2O3. The number of halogens is 1. The minimum absolute atomic E-state index is 0.0981. The van der Waals surface area contributed by atoms with Crippen molar-refractivity contribution in [2.24, 2.45) is 0 Å². The first kappa shape index (κ1) is 13.8. The number of benzene rings is 1. The average Bonchev–Trinajstić information content (AvgIpc) is 3.08. The highest BCUT2D eigenvalue weighted by Crippen LogP contribution is 2.24. The summed E-state index contributed by atoms with van der Waals surface area (Å²) in [6.07, 6.45) is 1.21. The zero-order valence-corrected chi connectivity index (χ0v) is 11.5. The smallest absolute Gasteiger partial charge is 0.254 e. The summed E-state index contributed by atoms with van der Waals surface area (Å²) in [6, 6.07) is 7.54. The first-order chi connectivity index (χ1) is 10.1. The molecule has 0 unspecified atom stereocenters. The molecule has 0 bridgehead atoms. The van der Waals surface area contributed by atoms with E-state index < -0.39 is 6.10 Å². The number of nitrogens with zero attached hydrogens (tertiary/aromatic N) is 1. The third-order valence-corrected chi connectivity index (χ3v) is 3.39. The van der Waals surface area contributed by atoms with Crippen molar-refractivity contribution in [2.75, 3.05) is 5.32 Å². The Labute approximate surface area is 121 Å². The predicted molar refractivity (Wildman–Crippen MR) is 74.1 cm³/mol. The number of hydrogen-bond acceptors (Lipinski definition) is 4. The van der Waals surface area contributed by atoms with Crippen LogP contribution >= 0.6 is 0 Å². The lowest BCUT2D eigenvalue weighted by atomic mass is 10.1. The molecule has 5 nitrogen and oxygen atoms in total. The molecule has 0 spiro atoms. The quantitative estimate of drug-likeness (QED) is 0.943. The summed E-state index contributed by atoms with van der Waals surface area (Å²) >= 11 is 0. The summed E-state index contributed by atoms with van der Waals surface area (Å²) in [7, 11) is 0. The fourth-order valence-corrected chi connectivity index (χ4v) is 2.31. The molecule has 1 amide bonds. The molecule has 0 radical (unpaired) electrons. The highest BCUT2D eigenvalue weighted by atomic mass is 19.1. The molecule has 21 heavy (non-hydrogen) atoms. The van der Waals surface area contributed by atoms with Gasteiger partial charge in [-0.25, -0.2) is 4.39 Å². The van der Waals surface area contributed by atoms with Crippen molar-refractivity contribution in [3.63, 3.8) is 0 Å². The van der Waals surface area contributed by atoms with E-state index in [1.807, 2.05) is 6.92 Å². The van der Waals surface area contributed by atoms with Gasteiger partial charge in [-0.3, -0.25) is 4.79 Å². The molecule has 1 N–H and O–H groups in total. The maximum atomic E-state index is 13.2. The lowest BCUT2D eigenvalue weighted by Gasteiger charge is -2.09. The monoisotopic (exact) mass is 290 g/mol. The molecule has 6 heteroatoms. The van der Waals surface area contributed by atoms with Crippen molar-refractivity contribution >= 4 is 11.7 Å². The summed E-state index contributed by atoms with van der Waals surface area (Å²) in [5.74, 6) is 0.0918. The van der Waals surface area contributed by atoms with Gasteiger partial charge in [0, 0.05) is 11.6 Å². The molecule has 3 rings (SSSR count). The Hall–Kier alpha value is -2.21. The number of nitrogens with one attached hydrogen (secondary N) is 1. The molecule has 2 aromatic rings. The normalized spacial score (nSPS) is 21.4. The molecule has 2 heterocycles. The summed E-state index contributed by atoms with van der Waals surface area (Å²) in [6.45, 7) is 1.94. The number of ether oxygens (including phenoxy) is 1. The number of carbonyl (C=O) groups excluding carboxylic acids is 1. The maximum Gasteiger partial charge on any atom is 0.254 e. The Morgan fingerprint density at radius 1 is 1.38 bits per heavy atom. The van der Waals surface area contributed by atoms with Gasteiger partial charge in [0.05, 0.1) is 6.10 Å². The Morgan fingerprint density at radius 3 is 2.95 bits per heavy atom. The van der Waals surface area contributed by atoms with Crippen molar-refractivity contribution in [3.8, 4) is 11.3 Å². The van der Waals surface area contributed by atoms with E-state index in [2.05, 4.69) is 10.5 Å². The third kappa shape index (κ3) is 3.11. The predicted octanol–water partition coefficient (Wildman–Crippen LogP) is 2.99. The van der Waals surface area contributed by atoms with Crippen LogP contribution in [0.25, 0.3) is 11.3 Å². The third-order valence-electron chi connectivity index (χ3n) is 3.39. The van der Waals surface area contributed by atoms with Crippen LogP contribution in [0.3, 0.4) is 0 Å². The van der Waals surface area contributed by atoms with Crippen LogP contribution in [0, 0.1) is 5.82 Å². The van der Waals surface area contributed by atoms with Crippen LogP contribution in [0.15, 0.2) is 34.9 Å². The van der Waals surface area contributed by atoms with Gasteiger partial charge in [-0.2, -0.15) is 0 Å². The molecule has 1 saturated heterocycles. The molecule has 0 aliphatic carbocycles. The zero-order chi connectivity index (χ0) is 14.8. The summed E-state index contributed by atoms with van der Waals surface area (Å²) in [4.78, 5) is 12.0. The molecule has 0 saturated carbocycles. The topological polar surface area (TPSA) is 64.4 Å². The average molecular weight is 290 g/mol. The van der Waals surface area contributed by atoms with Crippen molar-refractivity contribution in [1.82, 2.24) is 5.16 Å². The number of carbonyl (C=O) groups is 1.